The van der Waals surface area contributed by atoms with Crippen molar-refractivity contribution in [2.75, 3.05) is 18.0 Å². The summed E-state index contributed by atoms with van der Waals surface area (Å²) in [6.45, 7) is 4.68. The first-order valence-corrected chi connectivity index (χ1v) is 5.99. The van der Waals surface area contributed by atoms with E-state index in [0.717, 1.165) is 18.4 Å². The van der Waals surface area contributed by atoms with Crippen molar-refractivity contribution in [2.45, 2.75) is 26.7 Å². The van der Waals surface area contributed by atoms with Crippen molar-refractivity contribution in [3.63, 3.8) is 0 Å². The van der Waals surface area contributed by atoms with Crippen molar-refractivity contribution >= 4 is 11.7 Å². The maximum Gasteiger partial charge on any atom is 0.236 e. The Morgan fingerprint density at radius 2 is 2.33 bits per heavy atom. The van der Waals surface area contributed by atoms with Crippen molar-refractivity contribution in [3.05, 3.63) is 23.4 Å². The number of hydrogen-bond donors (Lipinski definition) is 1. The molecular formula is C13H18N4O. The van der Waals surface area contributed by atoms with Gasteiger partial charge in [-0.2, -0.15) is 5.26 Å². The summed E-state index contributed by atoms with van der Waals surface area (Å²) < 4.78 is 0. The van der Waals surface area contributed by atoms with E-state index < -0.39 is 5.91 Å². The molecule has 1 aromatic rings. The SMILES string of the molecule is CCCCN(CC(N)=O)c1nccc(C)c1C#N. The van der Waals surface area contributed by atoms with Gasteiger partial charge in [0.2, 0.25) is 5.91 Å². The quantitative estimate of drug-likeness (QED) is 0.821. The van der Waals surface area contributed by atoms with Gasteiger partial charge in [-0.1, -0.05) is 13.3 Å². The van der Waals surface area contributed by atoms with E-state index in [0.29, 0.717) is 17.9 Å². The third-order valence-corrected chi connectivity index (χ3v) is 2.68. The molecule has 0 radical (unpaired) electrons. The highest BCUT2D eigenvalue weighted by molar-refractivity contribution is 5.79. The molecular weight excluding hydrogens is 228 g/mol. The van der Waals surface area contributed by atoms with E-state index in [1.807, 2.05) is 6.92 Å². The van der Waals surface area contributed by atoms with Crippen LogP contribution in [0.1, 0.15) is 30.9 Å². The van der Waals surface area contributed by atoms with Gasteiger partial charge in [-0.15, -0.1) is 0 Å². The van der Waals surface area contributed by atoms with Gasteiger partial charge < -0.3 is 10.6 Å². The Morgan fingerprint density at radius 3 is 2.89 bits per heavy atom. The number of nitrogens with two attached hydrogens (primary N) is 1. The number of anilines is 1. The number of nitrogens with zero attached hydrogens (tertiary/aromatic N) is 3. The molecule has 0 atom stereocenters. The number of unbranched alkanes of at least 4 members (excludes halogenated alkanes) is 1. The second-order valence-electron chi connectivity index (χ2n) is 4.18. The normalized spacial score (nSPS) is 9.83. The summed E-state index contributed by atoms with van der Waals surface area (Å²) in [6.07, 6.45) is 3.57. The van der Waals surface area contributed by atoms with Gasteiger partial charge in [0.25, 0.3) is 0 Å². The van der Waals surface area contributed by atoms with Gasteiger partial charge in [-0.3, -0.25) is 4.79 Å². The summed E-state index contributed by atoms with van der Waals surface area (Å²) in [4.78, 5) is 17.1. The van der Waals surface area contributed by atoms with Crippen LogP contribution in [0.25, 0.3) is 0 Å². The smallest absolute Gasteiger partial charge is 0.236 e. The van der Waals surface area contributed by atoms with Crippen molar-refractivity contribution in [1.82, 2.24) is 4.98 Å². The lowest BCUT2D eigenvalue weighted by Crippen LogP contribution is -2.35. The van der Waals surface area contributed by atoms with E-state index in [9.17, 15) is 10.1 Å². The highest BCUT2D eigenvalue weighted by Gasteiger charge is 2.15. The second kappa shape index (κ2) is 6.60. The van der Waals surface area contributed by atoms with Gasteiger partial charge in [0.05, 0.1) is 12.1 Å². The van der Waals surface area contributed by atoms with Crippen LogP contribution in [0.3, 0.4) is 0 Å². The molecule has 0 aromatic carbocycles. The average Bonchev–Trinajstić information content (AvgIpc) is 2.33. The first kappa shape index (κ1) is 14.0. The Hall–Kier alpha value is -2.09. The Bertz CT molecular complexity index is 465. The molecule has 5 nitrogen and oxygen atoms in total. The summed E-state index contributed by atoms with van der Waals surface area (Å²) in [5.74, 6) is 0.128. The monoisotopic (exact) mass is 246 g/mol. The number of primary amides is 1. The fourth-order valence-electron chi connectivity index (χ4n) is 1.72. The fraction of sp³-hybridized carbons (Fsp3) is 0.462. The number of carbonyl (C=O) groups excluding carboxylic acids is 1. The topological polar surface area (TPSA) is 83.0 Å². The van der Waals surface area contributed by atoms with Crippen LogP contribution in [0, 0.1) is 18.3 Å². The van der Waals surface area contributed by atoms with Crippen LogP contribution >= 0.6 is 0 Å². The van der Waals surface area contributed by atoms with E-state index in [4.69, 9.17) is 5.73 Å². The molecule has 0 aliphatic carbocycles. The molecule has 0 aliphatic heterocycles. The van der Waals surface area contributed by atoms with Crippen LogP contribution in [-0.2, 0) is 4.79 Å². The third-order valence-electron chi connectivity index (χ3n) is 2.68. The lowest BCUT2D eigenvalue weighted by Gasteiger charge is -2.23. The molecule has 1 rings (SSSR count). The molecule has 0 fully saturated rings. The van der Waals surface area contributed by atoms with Crippen molar-refractivity contribution in [3.8, 4) is 6.07 Å². The maximum atomic E-state index is 11.1. The molecule has 0 saturated carbocycles. The summed E-state index contributed by atoms with van der Waals surface area (Å²) in [5, 5.41) is 9.17. The van der Waals surface area contributed by atoms with Gasteiger partial charge in [0.1, 0.15) is 11.9 Å². The number of rotatable bonds is 6. The predicted molar refractivity (Wildman–Crippen MR) is 70.0 cm³/mol. The van der Waals surface area contributed by atoms with E-state index >= 15 is 0 Å². The maximum absolute atomic E-state index is 11.1. The van der Waals surface area contributed by atoms with Crippen LogP contribution in [-0.4, -0.2) is 24.0 Å². The van der Waals surface area contributed by atoms with Crippen molar-refractivity contribution in [2.24, 2.45) is 5.73 Å². The van der Waals surface area contributed by atoms with Crippen LogP contribution in [0.4, 0.5) is 5.82 Å². The Labute approximate surface area is 107 Å². The molecule has 0 spiro atoms. The molecule has 1 heterocycles. The van der Waals surface area contributed by atoms with Crippen LogP contribution in [0.2, 0.25) is 0 Å². The van der Waals surface area contributed by atoms with E-state index in [-0.39, 0.29) is 6.54 Å². The Balaban J connectivity index is 3.08. The minimum atomic E-state index is -0.418. The summed E-state index contributed by atoms with van der Waals surface area (Å²) in [7, 11) is 0. The summed E-state index contributed by atoms with van der Waals surface area (Å²) in [6, 6.07) is 3.92. The highest BCUT2D eigenvalue weighted by atomic mass is 16.1. The Kier molecular flexibility index (Phi) is 5.12. The van der Waals surface area contributed by atoms with Gasteiger partial charge in [-0.25, -0.2) is 4.98 Å². The average molecular weight is 246 g/mol. The minimum absolute atomic E-state index is 0.0884. The molecule has 96 valence electrons. The number of aromatic nitrogens is 1. The van der Waals surface area contributed by atoms with E-state index in [1.54, 1.807) is 17.2 Å². The number of carbonyl (C=O) groups is 1. The molecule has 0 aliphatic rings. The molecule has 0 bridgehead atoms. The van der Waals surface area contributed by atoms with E-state index in [2.05, 4.69) is 18.0 Å². The van der Waals surface area contributed by atoms with Gasteiger partial charge >= 0.3 is 0 Å². The fourth-order valence-corrected chi connectivity index (χ4v) is 1.72. The van der Waals surface area contributed by atoms with Gasteiger partial charge in [0.15, 0.2) is 0 Å². The molecule has 2 N–H and O–H groups in total. The van der Waals surface area contributed by atoms with Crippen molar-refractivity contribution < 1.29 is 4.79 Å². The lowest BCUT2D eigenvalue weighted by molar-refractivity contribution is -0.116. The second-order valence-corrected chi connectivity index (χ2v) is 4.18. The minimum Gasteiger partial charge on any atom is -0.368 e. The van der Waals surface area contributed by atoms with Crippen LogP contribution in [0.15, 0.2) is 12.3 Å². The lowest BCUT2D eigenvalue weighted by atomic mass is 10.1. The van der Waals surface area contributed by atoms with Crippen molar-refractivity contribution in [1.29, 1.82) is 5.26 Å². The molecule has 0 saturated heterocycles. The molecule has 5 heteroatoms. The van der Waals surface area contributed by atoms with Gasteiger partial charge in [0, 0.05) is 12.7 Å². The third kappa shape index (κ3) is 3.45. The predicted octanol–water partition coefficient (Wildman–Crippen LogP) is 1.35. The zero-order valence-electron chi connectivity index (χ0n) is 10.8. The number of hydrogen-bond acceptors (Lipinski definition) is 4. The Morgan fingerprint density at radius 1 is 1.61 bits per heavy atom. The highest BCUT2D eigenvalue weighted by Crippen LogP contribution is 2.20. The number of aryl methyl sites for hydroxylation is 1. The van der Waals surface area contributed by atoms with E-state index in [1.165, 1.54) is 0 Å². The molecule has 1 amide bonds. The van der Waals surface area contributed by atoms with Gasteiger partial charge in [-0.05, 0) is 25.0 Å². The van der Waals surface area contributed by atoms with Crippen LogP contribution in [0.5, 0.6) is 0 Å². The standard InChI is InChI=1S/C13H18N4O/c1-3-4-7-17(9-12(15)18)13-11(8-14)10(2)5-6-16-13/h5-6H,3-4,7,9H2,1-2H3,(H2,15,18). The number of pyridine rings is 1. The molecule has 18 heavy (non-hydrogen) atoms. The first-order valence-electron chi connectivity index (χ1n) is 5.99. The zero-order chi connectivity index (χ0) is 13.5. The molecule has 0 unspecified atom stereocenters. The zero-order valence-corrected chi connectivity index (χ0v) is 10.8. The first-order chi connectivity index (χ1) is 8.60. The van der Waals surface area contributed by atoms with Crippen LogP contribution < -0.4 is 10.6 Å². The largest absolute Gasteiger partial charge is 0.368 e. The number of amides is 1. The summed E-state index contributed by atoms with van der Waals surface area (Å²) in [5.41, 5.74) is 6.60. The number of nitriles is 1. The summed E-state index contributed by atoms with van der Waals surface area (Å²) >= 11 is 0. The molecule has 1 aromatic heterocycles.